The SMILES string of the molecule is CC[C@H]1Oc2ccc(NC(=O)Nc3ccccc3)cc2CN([C@@H]2CCCc3ccccc32)C1=O. The van der Waals surface area contributed by atoms with Crippen LogP contribution in [0.5, 0.6) is 5.75 Å². The molecule has 6 heteroatoms. The zero-order valence-corrected chi connectivity index (χ0v) is 19.3. The third kappa shape index (κ3) is 4.49. The maximum Gasteiger partial charge on any atom is 0.323 e. The molecule has 3 amide bonds. The topological polar surface area (TPSA) is 70.7 Å². The van der Waals surface area contributed by atoms with Gasteiger partial charge in [0, 0.05) is 16.9 Å². The van der Waals surface area contributed by atoms with E-state index in [2.05, 4.69) is 34.9 Å². The average molecular weight is 456 g/mol. The van der Waals surface area contributed by atoms with E-state index < -0.39 is 6.10 Å². The highest BCUT2D eigenvalue weighted by Crippen LogP contribution is 2.39. The summed E-state index contributed by atoms with van der Waals surface area (Å²) in [4.78, 5) is 28.0. The first kappa shape index (κ1) is 22.0. The largest absolute Gasteiger partial charge is 0.480 e. The number of nitrogens with zero attached hydrogens (tertiary/aromatic N) is 1. The lowest BCUT2D eigenvalue weighted by Crippen LogP contribution is -2.42. The molecule has 1 aliphatic carbocycles. The molecule has 1 heterocycles. The Morgan fingerprint density at radius 2 is 1.74 bits per heavy atom. The Morgan fingerprint density at radius 1 is 0.971 bits per heavy atom. The number of anilines is 2. The molecule has 2 atom stereocenters. The molecule has 0 saturated carbocycles. The van der Waals surface area contributed by atoms with Crippen molar-refractivity contribution in [2.24, 2.45) is 0 Å². The summed E-state index contributed by atoms with van der Waals surface area (Å²) in [6.07, 6.45) is 3.12. The van der Waals surface area contributed by atoms with E-state index in [4.69, 9.17) is 4.74 Å². The highest BCUT2D eigenvalue weighted by atomic mass is 16.5. The van der Waals surface area contributed by atoms with E-state index in [1.54, 1.807) is 0 Å². The standard InChI is InChI=1S/C28H29N3O3/c1-2-25-27(32)31(24-14-8-10-19-9-6-7-13-23(19)24)18-20-17-22(15-16-26(20)34-25)30-28(33)29-21-11-4-3-5-12-21/h3-7,9,11-13,15-17,24-25H,2,8,10,14,18H2,1H3,(H2,29,30,33)/t24-,25-/m1/s1. The fourth-order valence-corrected chi connectivity index (χ4v) is 4.93. The van der Waals surface area contributed by atoms with Crippen LogP contribution in [0.1, 0.15) is 48.9 Å². The number of hydrogen-bond donors (Lipinski definition) is 2. The van der Waals surface area contributed by atoms with Gasteiger partial charge in [-0.2, -0.15) is 0 Å². The van der Waals surface area contributed by atoms with Crippen LogP contribution in [0.3, 0.4) is 0 Å². The summed E-state index contributed by atoms with van der Waals surface area (Å²) in [5.41, 5.74) is 4.82. The lowest BCUT2D eigenvalue weighted by Gasteiger charge is -2.36. The van der Waals surface area contributed by atoms with Gasteiger partial charge in [-0.25, -0.2) is 4.79 Å². The van der Waals surface area contributed by atoms with Crippen LogP contribution in [0.2, 0.25) is 0 Å². The second-order valence-corrected chi connectivity index (χ2v) is 8.86. The van der Waals surface area contributed by atoms with Crippen LogP contribution in [-0.4, -0.2) is 22.9 Å². The zero-order chi connectivity index (χ0) is 23.5. The maximum atomic E-state index is 13.5. The molecule has 3 aromatic carbocycles. The number of benzene rings is 3. The molecule has 0 aromatic heterocycles. The summed E-state index contributed by atoms with van der Waals surface area (Å²) in [6, 6.07) is 23.0. The predicted molar refractivity (Wildman–Crippen MR) is 133 cm³/mol. The van der Waals surface area contributed by atoms with Gasteiger partial charge in [0.2, 0.25) is 0 Å². The molecule has 0 bridgehead atoms. The van der Waals surface area contributed by atoms with Crippen LogP contribution < -0.4 is 15.4 Å². The summed E-state index contributed by atoms with van der Waals surface area (Å²) < 4.78 is 6.16. The number of rotatable bonds is 4. The Kier molecular flexibility index (Phi) is 6.21. The number of para-hydroxylation sites is 1. The third-order valence-corrected chi connectivity index (χ3v) is 6.60. The van der Waals surface area contributed by atoms with Gasteiger partial charge in [-0.15, -0.1) is 0 Å². The summed E-state index contributed by atoms with van der Waals surface area (Å²) in [5, 5.41) is 5.73. The second-order valence-electron chi connectivity index (χ2n) is 8.86. The lowest BCUT2D eigenvalue weighted by atomic mass is 9.86. The van der Waals surface area contributed by atoms with Crippen LogP contribution in [0.4, 0.5) is 16.2 Å². The van der Waals surface area contributed by atoms with Crippen molar-refractivity contribution in [1.82, 2.24) is 4.90 Å². The number of ether oxygens (including phenoxy) is 1. The zero-order valence-electron chi connectivity index (χ0n) is 19.3. The van der Waals surface area contributed by atoms with Crippen LogP contribution in [0.25, 0.3) is 0 Å². The number of fused-ring (bicyclic) bond motifs is 2. The van der Waals surface area contributed by atoms with Crippen LogP contribution >= 0.6 is 0 Å². The molecule has 174 valence electrons. The van der Waals surface area contributed by atoms with Crippen molar-refractivity contribution in [3.8, 4) is 5.75 Å². The van der Waals surface area contributed by atoms with E-state index in [-0.39, 0.29) is 18.0 Å². The molecule has 0 unspecified atom stereocenters. The van der Waals surface area contributed by atoms with Gasteiger partial charge in [-0.3, -0.25) is 4.79 Å². The second kappa shape index (κ2) is 9.59. The number of carbonyl (C=O) groups is 2. The summed E-state index contributed by atoms with van der Waals surface area (Å²) in [5.74, 6) is 0.720. The first-order chi connectivity index (χ1) is 16.6. The quantitative estimate of drug-likeness (QED) is 0.514. The highest BCUT2D eigenvalue weighted by molar-refractivity contribution is 5.99. The molecule has 0 spiro atoms. The van der Waals surface area contributed by atoms with Gasteiger partial charge < -0.3 is 20.3 Å². The first-order valence-corrected chi connectivity index (χ1v) is 11.9. The first-order valence-electron chi connectivity index (χ1n) is 11.9. The molecular weight excluding hydrogens is 426 g/mol. The Bertz CT molecular complexity index is 1190. The van der Waals surface area contributed by atoms with E-state index >= 15 is 0 Å². The number of aryl methyl sites for hydroxylation is 1. The maximum absolute atomic E-state index is 13.5. The molecule has 3 aromatic rings. The lowest BCUT2D eigenvalue weighted by molar-refractivity contribution is -0.141. The minimum absolute atomic E-state index is 0.0248. The fourth-order valence-electron chi connectivity index (χ4n) is 4.93. The van der Waals surface area contributed by atoms with Gasteiger partial charge in [-0.1, -0.05) is 49.4 Å². The Morgan fingerprint density at radius 3 is 2.56 bits per heavy atom. The molecule has 34 heavy (non-hydrogen) atoms. The highest BCUT2D eigenvalue weighted by Gasteiger charge is 2.36. The minimum Gasteiger partial charge on any atom is -0.480 e. The van der Waals surface area contributed by atoms with E-state index in [9.17, 15) is 9.59 Å². The third-order valence-electron chi connectivity index (χ3n) is 6.60. The Balaban J connectivity index is 1.42. The van der Waals surface area contributed by atoms with Crippen molar-refractivity contribution in [2.45, 2.75) is 51.3 Å². The normalized spacial score (nSPS) is 19.3. The van der Waals surface area contributed by atoms with Gasteiger partial charge in [-0.05, 0) is 67.1 Å². The smallest absolute Gasteiger partial charge is 0.323 e. The van der Waals surface area contributed by atoms with E-state index in [1.807, 2.05) is 60.4 Å². The molecule has 2 N–H and O–H groups in total. The molecule has 0 saturated heterocycles. The van der Waals surface area contributed by atoms with E-state index in [1.165, 1.54) is 11.1 Å². The molecule has 2 aliphatic rings. The monoisotopic (exact) mass is 455 g/mol. The van der Waals surface area contributed by atoms with Crippen LogP contribution in [-0.2, 0) is 17.8 Å². The molecule has 6 nitrogen and oxygen atoms in total. The van der Waals surface area contributed by atoms with Gasteiger partial charge in [0.25, 0.3) is 5.91 Å². The van der Waals surface area contributed by atoms with Crippen LogP contribution in [0, 0.1) is 0 Å². The van der Waals surface area contributed by atoms with E-state index in [0.717, 1.165) is 30.5 Å². The fraction of sp³-hybridized carbons (Fsp3) is 0.286. The minimum atomic E-state index is -0.518. The van der Waals surface area contributed by atoms with Gasteiger partial charge in [0.05, 0.1) is 12.6 Å². The summed E-state index contributed by atoms with van der Waals surface area (Å²) in [7, 11) is 0. The van der Waals surface area contributed by atoms with Crippen molar-refractivity contribution in [2.75, 3.05) is 10.6 Å². The molecule has 5 rings (SSSR count). The summed E-state index contributed by atoms with van der Waals surface area (Å²) >= 11 is 0. The number of carbonyl (C=O) groups excluding carboxylic acids is 2. The number of amides is 3. The summed E-state index contributed by atoms with van der Waals surface area (Å²) in [6.45, 7) is 2.42. The van der Waals surface area contributed by atoms with Crippen molar-refractivity contribution in [1.29, 1.82) is 0 Å². The number of nitrogens with one attached hydrogen (secondary N) is 2. The number of hydrogen-bond acceptors (Lipinski definition) is 3. The predicted octanol–water partition coefficient (Wildman–Crippen LogP) is 5.91. The molecular formula is C28H29N3O3. The van der Waals surface area contributed by atoms with Crippen LogP contribution in [0.15, 0.2) is 72.8 Å². The van der Waals surface area contributed by atoms with Gasteiger partial charge >= 0.3 is 6.03 Å². The molecule has 0 radical (unpaired) electrons. The van der Waals surface area contributed by atoms with Gasteiger partial charge in [0.1, 0.15) is 5.75 Å². The van der Waals surface area contributed by atoms with Gasteiger partial charge in [0.15, 0.2) is 6.10 Å². The molecule has 1 aliphatic heterocycles. The molecule has 0 fully saturated rings. The van der Waals surface area contributed by atoms with Crippen molar-refractivity contribution in [3.63, 3.8) is 0 Å². The van der Waals surface area contributed by atoms with E-state index in [0.29, 0.717) is 24.4 Å². The Labute approximate surface area is 199 Å². The average Bonchev–Trinajstić information content (AvgIpc) is 3.00. The van der Waals surface area contributed by atoms with Crippen molar-refractivity contribution < 1.29 is 14.3 Å². The van der Waals surface area contributed by atoms with Crippen molar-refractivity contribution in [3.05, 3.63) is 89.5 Å². The number of urea groups is 1. The van der Waals surface area contributed by atoms with Crippen molar-refractivity contribution >= 4 is 23.3 Å². The Hall–Kier alpha value is -3.80.